The largest absolute Gasteiger partial charge is 1.00 e. The Labute approximate surface area is 160 Å². The number of benzene rings is 1. The number of carbonyl (C=O) groups is 1. The van der Waals surface area contributed by atoms with Crippen LogP contribution in [-0.4, -0.2) is 23.9 Å². The zero-order valence-electron chi connectivity index (χ0n) is 13.9. The van der Waals surface area contributed by atoms with Gasteiger partial charge in [0.05, 0.1) is 10.5 Å². The van der Waals surface area contributed by atoms with Crippen molar-refractivity contribution in [1.29, 1.82) is 0 Å². The van der Waals surface area contributed by atoms with Gasteiger partial charge in [-0.1, -0.05) is 51.5 Å². The molecule has 0 amide bonds. The van der Waals surface area contributed by atoms with Gasteiger partial charge in [0.1, 0.15) is 15.9 Å². The topological polar surface area (TPSA) is 94.5 Å². The standard InChI is InChI=1S/C16H24O5S.Na/c1-2-3-4-5-6-7-8-11-14(17)13-10-9-12-15(16(13)18)22(19,20)21;/h9-10,12,18H,2-8,11H2,1H3,(H,19,20,21);/q;+1/p-1. The van der Waals surface area contributed by atoms with Gasteiger partial charge < -0.3 is 9.66 Å². The molecule has 1 rings (SSSR count). The molecular weight excluding hydrogens is 327 g/mol. The number of unbranched alkanes of at least 4 members (excludes halogenated alkanes) is 6. The van der Waals surface area contributed by atoms with Crippen molar-refractivity contribution in [1.82, 2.24) is 0 Å². The van der Waals surface area contributed by atoms with Gasteiger partial charge in [-0.05, 0) is 18.6 Å². The molecule has 0 aliphatic carbocycles. The molecule has 124 valence electrons. The van der Waals surface area contributed by atoms with Gasteiger partial charge in [0, 0.05) is 6.42 Å². The number of hydrogen-bond acceptors (Lipinski definition) is 5. The first-order valence-electron chi connectivity index (χ1n) is 7.69. The van der Waals surface area contributed by atoms with Gasteiger partial charge in [0.15, 0.2) is 5.78 Å². The van der Waals surface area contributed by atoms with Gasteiger partial charge in [0.2, 0.25) is 0 Å². The molecule has 0 aliphatic heterocycles. The van der Waals surface area contributed by atoms with Crippen molar-refractivity contribution in [3.8, 4) is 5.75 Å². The third-order valence-electron chi connectivity index (χ3n) is 3.58. The molecule has 5 nitrogen and oxygen atoms in total. The monoisotopic (exact) mass is 350 g/mol. The number of para-hydroxylation sites is 1. The van der Waals surface area contributed by atoms with E-state index in [0.717, 1.165) is 25.3 Å². The molecule has 0 spiro atoms. The number of ketones is 1. The fraction of sp³-hybridized carbons (Fsp3) is 0.562. The summed E-state index contributed by atoms with van der Waals surface area (Å²) in [7, 11) is -4.78. The average Bonchev–Trinajstić information content (AvgIpc) is 2.45. The summed E-state index contributed by atoms with van der Waals surface area (Å²) in [6, 6.07) is 3.64. The van der Waals surface area contributed by atoms with Gasteiger partial charge in [-0.2, -0.15) is 0 Å². The Morgan fingerprint density at radius 2 is 1.65 bits per heavy atom. The number of carbonyl (C=O) groups excluding carboxylic acids is 1. The van der Waals surface area contributed by atoms with Gasteiger partial charge in [-0.3, -0.25) is 4.79 Å². The number of phenolic OH excluding ortho intramolecular Hbond substituents is 1. The number of Topliss-reactive ketones (excluding diaryl/α,β-unsaturated/α-hetero) is 1. The summed E-state index contributed by atoms with van der Waals surface area (Å²) in [4.78, 5) is 11.3. The molecule has 7 heteroatoms. The second-order valence-electron chi connectivity index (χ2n) is 5.40. The van der Waals surface area contributed by atoms with Crippen LogP contribution in [0.2, 0.25) is 0 Å². The summed E-state index contributed by atoms with van der Waals surface area (Å²) >= 11 is 0. The van der Waals surface area contributed by atoms with E-state index in [4.69, 9.17) is 0 Å². The van der Waals surface area contributed by atoms with Crippen molar-refractivity contribution in [3.63, 3.8) is 0 Å². The first kappa shape index (κ1) is 22.6. The van der Waals surface area contributed by atoms with Gasteiger partial charge in [-0.15, -0.1) is 0 Å². The molecule has 1 N–H and O–H groups in total. The summed E-state index contributed by atoms with van der Waals surface area (Å²) in [6.45, 7) is 2.15. The quantitative estimate of drug-likeness (QED) is 0.289. The van der Waals surface area contributed by atoms with E-state index >= 15 is 0 Å². The van der Waals surface area contributed by atoms with Crippen LogP contribution < -0.4 is 29.6 Å². The van der Waals surface area contributed by atoms with Crippen molar-refractivity contribution in [2.75, 3.05) is 0 Å². The molecule has 0 saturated heterocycles. The Morgan fingerprint density at radius 3 is 2.22 bits per heavy atom. The van der Waals surface area contributed by atoms with Crippen LogP contribution >= 0.6 is 0 Å². The minimum atomic E-state index is -4.78. The van der Waals surface area contributed by atoms with Crippen LogP contribution in [0, 0.1) is 0 Å². The first-order valence-corrected chi connectivity index (χ1v) is 9.09. The molecule has 0 atom stereocenters. The number of hydrogen-bond donors (Lipinski definition) is 1. The predicted octanol–water partition coefficient (Wildman–Crippen LogP) is 0.624. The van der Waals surface area contributed by atoms with E-state index in [1.54, 1.807) is 0 Å². The number of phenols is 1. The minimum absolute atomic E-state index is 0. The molecular formula is C16H23NaO5S. The van der Waals surface area contributed by atoms with Crippen LogP contribution in [0.5, 0.6) is 5.75 Å². The maximum Gasteiger partial charge on any atom is 1.00 e. The van der Waals surface area contributed by atoms with Crippen molar-refractivity contribution in [2.24, 2.45) is 0 Å². The summed E-state index contributed by atoms with van der Waals surface area (Å²) in [5.74, 6) is -1.07. The summed E-state index contributed by atoms with van der Waals surface area (Å²) in [6.07, 6.45) is 7.69. The van der Waals surface area contributed by atoms with Crippen LogP contribution in [0.4, 0.5) is 0 Å². The molecule has 0 radical (unpaired) electrons. The third kappa shape index (κ3) is 7.81. The molecule has 0 saturated carbocycles. The molecule has 0 heterocycles. The van der Waals surface area contributed by atoms with Crippen molar-refractivity contribution in [3.05, 3.63) is 23.8 Å². The first-order chi connectivity index (χ1) is 10.4. The minimum Gasteiger partial charge on any atom is -0.744 e. The van der Waals surface area contributed by atoms with E-state index in [1.807, 2.05) is 0 Å². The fourth-order valence-electron chi connectivity index (χ4n) is 2.33. The zero-order chi connectivity index (χ0) is 16.6. The van der Waals surface area contributed by atoms with E-state index in [2.05, 4.69) is 6.92 Å². The van der Waals surface area contributed by atoms with E-state index in [-0.39, 0.29) is 47.3 Å². The Balaban J connectivity index is 0.00000484. The molecule has 1 aromatic carbocycles. The third-order valence-corrected chi connectivity index (χ3v) is 4.44. The summed E-state index contributed by atoms with van der Waals surface area (Å²) in [5.41, 5.74) is -0.0945. The molecule has 0 bridgehead atoms. The Hall–Kier alpha value is -0.400. The van der Waals surface area contributed by atoms with E-state index < -0.39 is 20.8 Å². The van der Waals surface area contributed by atoms with Crippen molar-refractivity contribution < 1.29 is 52.4 Å². The number of aromatic hydroxyl groups is 1. The number of rotatable bonds is 10. The maximum absolute atomic E-state index is 12.0. The normalized spacial score (nSPS) is 11.0. The van der Waals surface area contributed by atoms with Gasteiger partial charge in [-0.25, -0.2) is 8.42 Å². The van der Waals surface area contributed by atoms with Crippen LogP contribution in [0.25, 0.3) is 0 Å². The van der Waals surface area contributed by atoms with E-state index in [0.29, 0.717) is 6.42 Å². The van der Waals surface area contributed by atoms with Crippen molar-refractivity contribution >= 4 is 15.9 Å². The van der Waals surface area contributed by atoms with Crippen LogP contribution in [0.1, 0.15) is 68.6 Å². The Morgan fingerprint density at radius 1 is 1.09 bits per heavy atom. The van der Waals surface area contributed by atoms with E-state index in [9.17, 15) is 22.9 Å². The fourth-order valence-corrected chi connectivity index (χ4v) is 2.92. The van der Waals surface area contributed by atoms with Crippen LogP contribution in [-0.2, 0) is 10.1 Å². The smallest absolute Gasteiger partial charge is 0.744 e. The average molecular weight is 350 g/mol. The molecule has 0 aliphatic rings. The molecule has 1 aromatic rings. The second-order valence-corrected chi connectivity index (χ2v) is 6.75. The van der Waals surface area contributed by atoms with Crippen LogP contribution in [0.15, 0.2) is 23.1 Å². The second kappa shape index (κ2) is 11.2. The van der Waals surface area contributed by atoms with Gasteiger partial charge in [0.25, 0.3) is 0 Å². The summed E-state index contributed by atoms with van der Waals surface area (Å²) in [5, 5.41) is 9.79. The van der Waals surface area contributed by atoms with E-state index in [1.165, 1.54) is 31.4 Å². The molecule has 0 aromatic heterocycles. The maximum atomic E-state index is 12.0. The molecule has 23 heavy (non-hydrogen) atoms. The van der Waals surface area contributed by atoms with Crippen LogP contribution in [0.3, 0.4) is 0 Å². The van der Waals surface area contributed by atoms with Gasteiger partial charge >= 0.3 is 29.6 Å². The zero-order valence-corrected chi connectivity index (χ0v) is 16.7. The van der Waals surface area contributed by atoms with Crippen molar-refractivity contribution in [2.45, 2.75) is 63.2 Å². The Bertz CT molecular complexity index is 598. The summed E-state index contributed by atoms with van der Waals surface area (Å²) < 4.78 is 33.0. The predicted molar refractivity (Wildman–Crippen MR) is 83.0 cm³/mol. The SMILES string of the molecule is CCCCCCCCCC(=O)c1cccc(S(=O)(=O)[O-])c1O.[Na+]. The Kier molecular flexibility index (Phi) is 11.0. The molecule has 0 unspecified atom stereocenters. The molecule has 0 fully saturated rings.